The van der Waals surface area contributed by atoms with Gasteiger partial charge in [-0.2, -0.15) is 13.9 Å². The Balaban J connectivity index is 1.08. The lowest BCUT2D eigenvalue weighted by Gasteiger charge is -2.57. The molecule has 3 heterocycles. The summed E-state index contributed by atoms with van der Waals surface area (Å²) in [6.45, 7) is 0.0982. The van der Waals surface area contributed by atoms with Crippen LogP contribution in [-0.2, 0) is 0 Å². The number of benzene rings is 1. The number of carbonyl (C=O) groups excluding carboxylic acids is 2. The molecule has 4 aromatic rings. The molecule has 0 aliphatic heterocycles. The third kappa shape index (κ3) is 5.10. The minimum atomic E-state index is -2.97. The number of nitrogens with two attached hydrogens (primary N) is 1. The summed E-state index contributed by atoms with van der Waals surface area (Å²) < 4.78 is 54.3. The Hall–Kier alpha value is -4.33. The van der Waals surface area contributed by atoms with Gasteiger partial charge >= 0.3 is 6.55 Å². The van der Waals surface area contributed by atoms with Crippen molar-refractivity contribution < 1.29 is 37.3 Å². The summed E-state index contributed by atoms with van der Waals surface area (Å²) in [5, 5.41) is 21.1. The normalized spacial score (nSPS) is 21.9. The quantitative estimate of drug-likeness (QED) is 0.272. The molecule has 4 N–H and O–H groups in total. The molecule has 2 amide bonds. The average Bonchev–Trinajstić information content (AvgIpc) is 3.42. The number of pyridine rings is 1. The van der Waals surface area contributed by atoms with Crippen LogP contribution in [0.15, 0.2) is 36.5 Å². The molecule has 222 valence electrons. The van der Waals surface area contributed by atoms with Gasteiger partial charge in [-0.25, -0.2) is 13.6 Å². The Morgan fingerprint density at radius 2 is 1.90 bits per heavy atom. The van der Waals surface area contributed by atoms with Crippen LogP contribution in [0.1, 0.15) is 66.9 Å². The van der Waals surface area contributed by atoms with Gasteiger partial charge in [0.25, 0.3) is 11.8 Å². The molecule has 6 rings (SSSR count). The molecule has 0 saturated heterocycles. The third-order valence-corrected chi connectivity index (χ3v) is 7.77. The number of alkyl halides is 2. The van der Waals surface area contributed by atoms with E-state index in [9.17, 15) is 27.9 Å². The van der Waals surface area contributed by atoms with E-state index < -0.39 is 29.8 Å². The molecule has 0 unspecified atom stereocenters. The van der Waals surface area contributed by atoms with E-state index in [4.69, 9.17) is 15.2 Å². The first-order valence-corrected chi connectivity index (χ1v) is 13.4. The number of primary amides is 1. The minimum Gasteiger partial charge on any atom is -0.491 e. The van der Waals surface area contributed by atoms with E-state index in [0.717, 1.165) is 6.20 Å². The van der Waals surface area contributed by atoms with Crippen molar-refractivity contribution in [2.45, 2.75) is 63.8 Å². The molecular formula is C28H29F3N6O5. The van der Waals surface area contributed by atoms with Crippen LogP contribution in [-0.4, -0.2) is 60.7 Å². The van der Waals surface area contributed by atoms with E-state index in [1.807, 2.05) is 0 Å². The number of fused-ring (bicyclic) bond motifs is 2. The zero-order chi connectivity index (χ0) is 30.0. The zero-order valence-electron chi connectivity index (χ0n) is 22.8. The highest BCUT2D eigenvalue weighted by Crippen LogP contribution is 2.57. The molecule has 0 atom stereocenters. The van der Waals surface area contributed by atoms with Gasteiger partial charge in [-0.1, -0.05) is 0 Å². The predicted molar refractivity (Wildman–Crippen MR) is 143 cm³/mol. The summed E-state index contributed by atoms with van der Waals surface area (Å²) in [6, 6.07) is 6.86. The Bertz CT molecular complexity index is 1700. The van der Waals surface area contributed by atoms with Crippen LogP contribution in [0.3, 0.4) is 0 Å². The summed E-state index contributed by atoms with van der Waals surface area (Å²) in [6.07, 6.45) is 3.56. The number of carbonyl (C=O) groups is 2. The van der Waals surface area contributed by atoms with Crippen LogP contribution < -0.4 is 20.5 Å². The van der Waals surface area contributed by atoms with Crippen molar-refractivity contribution in [1.29, 1.82) is 0 Å². The van der Waals surface area contributed by atoms with E-state index >= 15 is 0 Å². The fourth-order valence-corrected chi connectivity index (χ4v) is 5.92. The van der Waals surface area contributed by atoms with Crippen LogP contribution in [0, 0.1) is 11.2 Å². The smallest absolute Gasteiger partial charge is 0.333 e. The van der Waals surface area contributed by atoms with Crippen molar-refractivity contribution >= 4 is 28.2 Å². The van der Waals surface area contributed by atoms with Crippen molar-refractivity contribution in [2.24, 2.45) is 11.1 Å². The Labute approximate surface area is 237 Å². The number of nitrogens with zero attached hydrogens (tertiary/aromatic N) is 4. The number of aliphatic hydroxyl groups is 1. The van der Waals surface area contributed by atoms with Crippen molar-refractivity contribution in [1.82, 2.24) is 24.7 Å². The first kappa shape index (κ1) is 27.8. The second kappa shape index (κ2) is 9.89. The first-order valence-electron chi connectivity index (χ1n) is 13.4. The molecule has 2 saturated carbocycles. The van der Waals surface area contributed by atoms with Gasteiger partial charge in [0.15, 0.2) is 5.69 Å². The van der Waals surface area contributed by atoms with Crippen molar-refractivity contribution in [3.05, 3.63) is 53.6 Å². The van der Waals surface area contributed by atoms with Crippen LogP contribution in [0.25, 0.3) is 16.4 Å². The molecule has 14 heteroatoms. The summed E-state index contributed by atoms with van der Waals surface area (Å²) in [5.41, 5.74) is 4.71. The minimum absolute atomic E-state index is 0.0393. The van der Waals surface area contributed by atoms with Gasteiger partial charge in [0.05, 0.1) is 22.8 Å². The molecular weight excluding hydrogens is 557 g/mol. The maximum absolute atomic E-state index is 13.7. The average molecular weight is 587 g/mol. The fraction of sp³-hybridized carbons (Fsp3) is 0.429. The number of rotatable bonds is 9. The molecule has 2 fully saturated rings. The molecule has 1 spiro atoms. The van der Waals surface area contributed by atoms with Crippen LogP contribution in [0.5, 0.6) is 11.6 Å². The van der Waals surface area contributed by atoms with Crippen LogP contribution in [0.2, 0.25) is 0 Å². The zero-order valence-corrected chi connectivity index (χ0v) is 22.8. The van der Waals surface area contributed by atoms with Crippen molar-refractivity contribution in [3.8, 4) is 11.6 Å². The first-order chi connectivity index (χ1) is 19.8. The fourth-order valence-electron chi connectivity index (χ4n) is 5.92. The maximum Gasteiger partial charge on any atom is 0.333 e. The molecule has 0 radical (unpaired) electrons. The standard InChI is InChI=1S/C28H29F3N6O5/c1-27(2,40)13-41-16-4-5-18-20(7-16)37(26(30)31)34-22(18)24(39)33-15-8-28(9-15)10-17(11-28)42-25-21(23(32)38)19-6-3-14(29)12-36(19)35-25/h3-7,12,15,17,26,40H,8-11,13H2,1-2H3,(H2,32,38)(H,33,39)/t15-,17-,28?. The molecule has 42 heavy (non-hydrogen) atoms. The van der Waals surface area contributed by atoms with Crippen LogP contribution >= 0.6 is 0 Å². The summed E-state index contributed by atoms with van der Waals surface area (Å²) >= 11 is 0. The van der Waals surface area contributed by atoms with E-state index in [2.05, 4.69) is 15.5 Å². The molecule has 11 nitrogen and oxygen atoms in total. The number of ether oxygens (including phenoxy) is 2. The lowest BCUT2D eigenvalue weighted by molar-refractivity contribution is -0.0848. The summed E-state index contributed by atoms with van der Waals surface area (Å²) in [5.74, 6) is -1.49. The second-order valence-corrected chi connectivity index (χ2v) is 11.8. The summed E-state index contributed by atoms with van der Waals surface area (Å²) in [7, 11) is 0. The largest absolute Gasteiger partial charge is 0.491 e. The Morgan fingerprint density at radius 3 is 2.57 bits per heavy atom. The highest BCUT2D eigenvalue weighted by molar-refractivity contribution is 6.05. The van der Waals surface area contributed by atoms with Gasteiger partial charge in [-0.15, -0.1) is 5.10 Å². The topological polar surface area (TPSA) is 146 Å². The maximum atomic E-state index is 13.7. The van der Waals surface area contributed by atoms with Gasteiger partial charge in [0, 0.05) is 17.5 Å². The highest BCUT2D eigenvalue weighted by Gasteiger charge is 2.54. The van der Waals surface area contributed by atoms with E-state index in [1.54, 1.807) is 19.9 Å². The Morgan fingerprint density at radius 1 is 1.17 bits per heavy atom. The van der Waals surface area contributed by atoms with Gasteiger partial charge in [-0.05, 0) is 69.2 Å². The number of hydrogen-bond donors (Lipinski definition) is 3. The van der Waals surface area contributed by atoms with Crippen molar-refractivity contribution in [2.75, 3.05) is 6.61 Å². The van der Waals surface area contributed by atoms with Gasteiger partial charge < -0.3 is 25.6 Å². The second-order valence-electron chi connectivity index (χ2n) is 11.8. The van der Waals surface area contributed by atoms with Gasteiger partial charge in [0.1, 0.15) is 29.8 Å². The highest BCUT2D eigenvalue weighted by atomic mass is 19.3. The van der Waals surface area contributed by atoms with E-state index in [-0.39, 0.29) is 58.0 Å². The van der Waals surface area contributed by atoms with E-state index in [1.165, 1.54) is 28.8 Å². The lowest BCUT2D eigenvalue weighted by Crippen LogP contribution is -2.58. The third-order valence-electron chi connectivity index (χ3n) is 7.77. The van der Waals surface area contributed by atoms with Gasteiger partial charge in [-0.3, -0.25) is 9.59 Å². The molecule has 0 bridgehead atoms. The predicted octanol–water partition coefficient (Wildman–Crippen LogP) is 3.59. The summed E-state index contributed by atoms with van der Waals surface area (Å²) in [4.78, 5) is 25.1. The van der Waals surface area contributed by atoms with Gasteiger partial charge in [0.2, 0.25) is 5.88 Å². The number of hydrogen-bond acceptors (Lipinski definition) is 7. The Kier molecular flexibility index (Phi) is 6.55. The number of amides is 2. The molecule has 3 aromatic heterocycles. The number of aromatic nitrogens is 4. The lowest BCUT2D eigenvalue weighted by atomic mass is 9.53. The van der Waals surface area contributed by atoms with E-state index in [0.29, 0.717) is 35.9 Å². The monoisotopic (exact) mass is 586 g/mol. The number of nitrogens with one attached hydrogen (secondary N) is 1. The number of halogens is 3. The SMILES string of the molecule is CC(C)(O)COc1ccc2c(C(=O)N[C@H]3CC4(C3)C[C@H](Oc3nn5cc(F)ccc5c3C(N)=O)C4)nn(C(F)F)c2c1. The van der Waals surface area contributed by atoms with Crippen LogP contribution in [0.4, 0.5) is 13.2 Å². The van der Waals surface area contributed by atoms with Crippen molar-refractivity contribution in [3.63, 3.8) is 0 Å². The molecule has 1 aromatic carbocycles. The molecule has 2 aliphatic carbocycles. The molecule has 2 aliphatic rings.